The molecule has 4 nitrogen and oxygen atoms in total. The highest BCUT2D eigenvalue weighted by Gasteiger charge is 2.24. The Bertz CT molecular complexity index is 773. The molecule has 0 heterocycles. The number of anilines is 1. The molecule has 0 N–H and O–H groups in total. The second kappa shape index (κ2) is 7.66. The Morgan fingerprint density at radius 1 is 1.22 bits per heavy atom. The van der Waals surface area contributed by atoms with Crippen LogP contribution < -0.4 is 9.04 Å². The third-order valence-corrected chi connectivity index (χ3v) is 5.42. The van der Waals surface area contributed by atoms with Crippen molar-refractivity contribution in [1.29, 1.82) is 0 Å². The first kappa shape index (κ1) is 17.6. The minimum atomic E-state index is -3.68. The van der Waals surface area contributed by atoms with Gasteiger partial charge < -0.3 is 4.74 Å². The van der Waals surface area contributed by atoms with Gasteiger partial charge in [-0.15, -0.1) is 6.58 Å². The molecule has 6 heteroatoms. The van der Waals surface area contributed by atoms with Gasteiger partial charge in [0, 0.05) is 4.47 Å². The van der Waals surface area contributed by atoms with E-state index in [9.17, 15) is 8.42 Å². The van der Waals surface area contributed by atoms with Crippen molar-refractivity contribution in [3.63, 3.8) is 0 Å². The smallest absolute Gasteiger partial charge is 0.264 e. The fourth-order valence-corrected chi connectivity index (χ4v) is 3.91. The molecule has 2 aromatic carbocycles. The van der Waals surface area contributed by atoms with Crippen LogP contribution in [0.1, 0.15) is 6.92 Å². The van der Waals surface area contributed by atoms with E-state index in [4.69, 9.17) is 4.74 Å². The van der Waals surface area contributed by atoms with Gasteiger partial charge in [-0.05, 0) is 49.4 Å². The van der Waals surface area contributed by atoms with Crippen LogP contribution in [0.15, 0.2) is 70.6 Å². The Hall–Kier alpha value is -1.79. The number of nitrogens with zero attached hydrogens (tertiary/aromatic N) is 1. The van der Waals surface area contributed by atoms with Crippen molar-refractivity contribution in [3.8, 4) is 5.75 Å². The van der Waals surface area contributed by atoms with Crippen molar-refractivity contribution in [2.75, 3.05) is 17.5 Å². The lowest BCUT2D eigenvalue weighted by molar-refractivity contribution is 0.340. The van der Waals surface area contributed by atoms with Gasteiger partial charge in [-0.2, -0.15) is 0 Å². The third-order valence-electron chi connectivity index (χ3n) is 3.11. The van der Waals surface area contributed by atoms with E-state index in [0.717, 1.165) is 4.47 Å². The summed E-state index contributed by atoms with van der Waals surface area (Å²) in [5, 5.41) is 0. The van der Waals surface area contributed by atoms with E-state index in [1.165, 1.54) is 4.31 Å². The SMILES string of the molecule is C=CCN(c1cccc(Br)c1)S(=O)(=O)c1ccc(OCC)cc1. The number of sulfonamides is 1. The van der Waals surface area contributed by atoms with Crippen LogP contribution in [0.25, 0.3) is 0 Å². The van der Waals surface area contributed by atoms with Gasteiger partial charge in [0.25, 0.3) is 10.0 Å². The monoisotopic (exact) mass is 395 g/mol. The van der Waals surface area contributed by atoms with Crippen molar-refractivity contribution in [1.82, 2.24) is 0 Å². The molecule has 0 amide bonds. The first-order chi connectivity index (χ1) is 11.0. The molecule has 0 radical (unpaired) electrons. The molecule has 2 rings (SSSR count). The van der Waals surface area contributed by atoms with E-state index in [0.29, 0.717) is 18.0 Å². The van der Waals surface area contributed by atoms with Crippen molar-refractivity contribution >= 4 is 31.6 Å². The molecular weight excluding hydrogens is 378 g/mol. The number of ether oxygens (including phenoxy) is 1. The first-order valence-corrected chi connectivity index (χ1v) is 9.34. The average Bonchev–Trinajstić information content (AvgIpc) is 2.53. The number of hydrogen-bond donors (Lipinski definition) is 0. The second-order valence-electron chi connectivity index (χ2n) is 4.71. The van der Waals surface area contributed by atoms with Crippen LogP contribution in [0, 0.1) is 0 Å². The molecule has 0 fully saturated rings. The Kier molecular flexibility index (Phi) is 5.85. The van der Waals surface area contributed by atoms with Crippen molar-refractivity contribution in [2.24, 2.45) is 0 Å². The lowest BCUT2D eigenvalue weighted by Crippen LogP contribution is -2.31. The minimum absolute atomic E-state index is 0.187. The molecule has 0 atom stereocenters. The number of halogens is 1. The zero-order chi connectivity index (χ0) is 16.9. The van der Waals surface area contributed by atoms with Crippen LogP contribution in [0.4, 0.5) is 5.69 Å². The van der Waals surface area contributed by atoms with E-state index in [2.05, 4.69) is 22.5 Å². The predicted molar refractivity (Wildman–Crippen MR) is 96.5 cm³/mol. The van der Waals surface area contributed by atoms with Gasteiger partial charge in [-0.25, -0.2) is 8.42 Å². The summed E-state index contributed by atoms with van der Waals surface area (Å²) in [6.07, 6.45) is 1.56. The quantitative estimate of drug-likeness (QED) is 0.658. The van der Waals surface area contributed by atoms with Gasteiger partial charge in [0.1, 0.15) is 5.75 Å². The van der Waals surface area contributed by atoms with Crippen LogP contribution in [0.5, 0.6) is 5.75 Å². The molecule has 0 saturated heterocycles. The molecule has 2 aromatic rings. The molecule has 0 aliphatic heterocycles. The normalized spacial score (nSPS) is 11.0. The zero-order valence-corrected chi connectivity index (χ0v) is 15.2. The third kappa shape index (κ3) is 4.14. The fraction of sp³-hybridized carbons (Fsp3) is 0.176. The lowest BCUT2D eigenvalue weighted by Gasteiger charge is -2.23. The van der Waals surface area contributed by atoms with Crippen LogP contribution in [-0.2, 0) is 10.0 Å². The van der Waals surface area contributed by atoms with E-state index < -0.39 is 10.0 Å². The number of benzene rings is 2. The van der Waals surface area contributed by atoms with E-state index in [-0.39, 0.29) is 11.4 Å². The summed E-state index contributed by atoms with van der Waals surface area (Å²) in [7, 11) is -3.68. The molecule has 0 bridgehead atoms. The van der Waals surface area contributed by atoms with Gasteiger partial charge in [-0.1, -0.05) is 28.1 Å². The first-order valence-electron chi connectivity index (χ1n) is 7.11. The van der Waals surface area contributed by atoms with E-state index >= 15 is 0 Å². The number of rotatable bonds is 7. The molecule has 0 saturated carbocycles. The Labute approximate surface area is 145 Å². The maximum absolute atomic E-state index is 12.9. The summed E-state index contributed by atoms with van der Waals surface area (Å²) in [6.45, 7) is 6.26. The van der Waals surface area contributed by atoms with Crippen LogP contribution in [-0.4, -0.2) is 21.6 Å². The van der Waals surface area contributed by atoms with Gasteiger partial charge >= 0.3 is 0 Å². The summed E-state index contributed by atoms with van der Waals surface area (Å²) in [5.41, 5.74) is 0.577. The molecule has 0 aliphatic carbocycles. The van der Waals surface area contributed by atoms with Gasteiger partial charge in [-0.3, -0.25) is 4.31 Å². The highest BCUT2D eigenvalue weighted by Crippen LogP contribution is 2.27. The Morgan fingerprint density at radius 2 is 1.91 bits per heavy atom. The summed E-state index contributed by atoms with van der Waals surface area (Å²) < 4.78 is 33.3. The number of hydrogen-bond acceptors (Lipinski definition) is 3. The Morgan fingerprint density at radius 3 is 2.48 bits per heavy atom. The predicted octanol–water partition coefficient (Wildman–Crippen LogP) is 4.23. The molecule has 23 heavy (non-hydrogen) atoms. The molecule has 0 spiro atoms. The topological polar surface area (TPSA) is 46.6 Å². The summed E-state index contributed by atoms with van der Waals surface area (Å²) in [6, 6.07) is 13.6. The highest BCUT2D eigenvalue weighted by atomic mass is 79.9. The second-order valence-corrected chi connectivity index (χ2v) is 7.49. The maximum atomic E-state index is 12.9. The summed E-state index contributed by atoms with van der Waals surface area (Å²) in [4.78, 5) is 0.211. The van der Waals surface area contributed by atoms with E-state index in [1.54, 1.807) is 48.5 Å². The molecule has 0 unspecified atom stereocenters. The van der Waals surface area contributed by atoms with Crippen molar-refractivity contribution in [2.45, 2.75) is 11.8 Å². The largest absolute Gasteiger partial charge is 0.494 e. The molecule has 0 aliphatic rings. The standard InChI is InChI=1S/C17H18BrNO3S/c1-3-12-19(15-7-5-6-14(18)13-15)23(20,21)17-10-8-16(9-11-17)22-4-2/h3,5-11,13H,1,4,12H2,2H3. The van der Waals surface area contributed by atoms with Crippen molar-refractivity contribution in [3.05, 3.63) is 65.7 Å². The molecular formula is C17H18BrNO3S. The Balaban J connectivity index is 2.42. The maximum Gasteiger partial charge on any atom is 0.264 e. The van der Waals surface area contributed by atoms with Gasteiger partial charge in [0.05, 0.1) is 23.7 Å². The summed E-state index contributed by atoms with van der Waals surface area (Å²) >= 11 is 3.37. The lowest BCUT2D eigenvalue weighted by atomic mass is 10.3. The van der Waals surface area contributed by atoms with Crippen LogP contribution >= 0.6 is 15.9 Å². The van der Waals surface area contributed by atoms with Gasteiger partial charge in [0.2, 0.25) is 0 Å². The van der Waals surface area contributed by atoms with E-state index in [1.807, 2.05) is 13.0 Å². The fourth-order valence-electron chi connectivity index (χ4n) is 2.09. The molecule has 0 aromatic heterocycles. The molecule has 122 valence electrons. The summed E-state index contributed by atoms with van der Waals surface area (Å²) in [5.74, 6) is 0.643. The van der Waals surface area contributed by atoms with Crippen LogP contribution in [0.2, 0.25) is 0 Å². The van der Waals surface area contributed by atoms with Gasteiger partial charge in [0.15, 0.2) is 0 Å². The highest BCUT2D eigenvalue weighted by molar-refractivity contribution is 9.10. The average molecular weight is 396 g/mol. The van der Waals surface area contributed by atoms with Crippen LogP contribution in [0.3, 0.4) is 0 Å². The van der Waals surface area contributed by atoms with Crippen molar-refractivity contribution < 1.29 is 13.2 Å². The minimum Gasteiger partial charge on any atom is -0.494 e. The zero-order valence-electron chi connectivity index (χ0n) is 12.8.